The number of alkyl halides is 1. The van der Waals surface area contributed by atoms with E-state index in [1.54, 1.807) is 23.7 Å². The van der Waals surface area contributed by atoms with E-state index in [1.807, 2.05) is 30.3 Å². The number of hydrogen-bond donors (Lipinski definition) is 0. The van der Waals surface area contributed by atoms with Crippen LogP contribution in [0.1, 0.15) is 17.6 Å². The van der Waals surface area contributed by atoms with Gasteiger partial charge in [-0.3, -0.25) is 9.36 Å². The molecule has 2 aromatic carbocycles. The molecule has 3 aromatic heterocycles. The van der Waals surface area contributed by atoms with Gasteiger partial charge in [0.15, 0.2) is 11.2 Å². The molecule has 156 valence electrons. The van der Waals surface area contributed by atoms with E-state index in [2.05, 4.69) is 15.1 Å². The second-order valence-electron chi connectivity index (χ2n) is 7.22. The lowest BCUT2D eigenvalue weighted by Gasteiger charge is -2.09. The number of aromatic nitrogens is 6. The first-order valence-electron chi connectivity index (χ1n) is 9.55. The van der Waals surface area contributed by atoms with Crippen LogP contribution in [0.2, 0.25) is 0 Å². The van der Waals surface area contributed by atoms with E-state index in [4.69, 9.17) is 4.42 Å². The topological polar surface area (TPSA) is 101 Å². The van der Waals surface area contributed by atoms with Gasteiger partial charge in [-0.15, -0.1) is 5.10 Å². The van der Waals surface area contributed by atoms with Crippen LogP contribution in [-0.4, -0.2) is 28.9 Å². The number of hydrogen-bond acceptors (Lipinski definition) is 6. The molecule has 0 saturated carbocycles. The third-order valence-corrected chi connectivity index (χ3v) is 5.12. The molecule has 0 bridgehead atoms. The minimum Gasteiger partial charge on any atom is -0.390 e. The van der Waals surface area contributed by atoms with Crippen molar-refractivity contribution in [3.05, 3.63) is 87.5 Å². The van der Waals surface area contributed by atoms with Gasteiger partial charge in [-0.05, 0) is 22.4 Å². The van der Waals surface area contributed by atoms with Crippen LogP contribution in [0, 0.1) is 0 Å². The van der Waals surface area contributed by atoms with E-state index in [1.165, 1.54) is 17.2 Å². The van der Waals surface area contributed by atoms with Crippen molar-refractivity contribution in [2.75, 3.05) is 0 Å². The number of rotatable bonds is 5. The van der Waals surface area contributed by atoms with E-state index in [0.717, 1.165) is 15.5 Å². The normalized spacial score (nSPS) is 12.6. The lowest BCUT2D eigenvalue weighted by molar-refractivity contribution is 0.283. The zero-order valence-corrected chi connectivity index (χ0v) is 16.5. The SMILES string of the molecule is Cn1cnc2ncn(Cc3nn(CC(F)c4ccc5ccccc5c4)c(=O)o3)c(=O)c21. The molecule has 0 amide bonds. The molecule has 1 atom stereocenters. The summed E-state index contributed by atoms with van der Waals surface area (Å²) in [5, 5.41) is 5.97. The summed E-state index contributed by atoms with van der Waals surface area (Å²) < 4.78 is 23.8. The van der Waals surface area contributed by atoms with Gasteiger partial charge in [0.05, 0.1) is 12.9 Å². The Bertz CT molecular complexity index is 1530. The van der Waals surface area contributed by atoms with Gasteiger partial charge in [0.1, 0.15) is 19.0 Å². The summed E-state index contributed by atoms with van der Waals surface area (Å²) in [6, 6.07) is 12.9. The fourth-order valence-electron chi connectivity index (χ4n) is 3.52. The summed E-state index contributed by atoms with van der Waals surface area (Å²) in [7, 11) is 1.69. The van der Waals surface area contributed by atoms with Crippen LogP contribution >= 0.6 is 0 Å². The molecule has 0 aliphatic rings. The van der Waals surface area contributed by atoms with Crippen LogP contribution in [0.3, 0.4) is 0 Å². The molecule has 0 fully saturated rings. The molecule has 1 unspecified atom stereocenters. The van der Waals surface area contributed by atoms with Gasteiger partial charge in [0.2, 0.25) is 5.89 Å². The van der Waals surface area contributed by atoms with Crippen molar-refractivity contribution in [2.45, 2.75) is 19.3 Å². The Morgan fingerprint density at radius 3 is 2.68 bits per heavy atom. The second kappa shape index (κ2) is 7.31. The summed E-state index contributed by atoms with van der Waals surface area (Å²) in [5.41, 5.74) is 0.745. The van der Waals surface area contributed by atoms with Crippen molar-refractivity contribution in [3.8, 4) is 0 Å². The predicted molar refractivity (Wildman–Crippen MR) is 110 cm³/mol. The molecule has 0 saturated heterocycles. The maximum atomic E-state index is 14.9. The molecule has 31 heavy (non-hydrogen) atoms. The Kier molecular flexibility index (Phi) is 4.46. The van der Waals surface area contributed by atoms with Crippen molar-refractivity contribution >= 4 is 21.9 Å². The van der Waals surface area contributed by atoms with Gasteiger partial charge in [-0.1, -0.05) is 36.4 Å². The first-order valence-corrected chi connectivity index (χ1v) is 9.55. The van der Waals surface area contributed by atoms with E-state index >= 15 is 0 Å². The van der Waals surface area contributed by atoms with Crippen LogP contribution in [-0.2, 0) is 20.1 Å². The Balaban J connectivity index is 1.39. The van der Waals surface area contributed by atoms with Crippen molar-refractivity contribution in [1.82, 2.24) is 28.9 Å². The minimum absolute atomic E-state index is 0.0128. The molecule has 0 N–H and O–H groups in total. The summed E-state index contributed by atoms with van der Waals surface area (Å²) in [5.74, 6) is -0.804. The smallest absolute Gasteiger partial charge is 0.390 e. The summed E-state index contributed by atoms with van der Waals surface area (Å²) >= 11 is 0. The Morgan fingerprint density at radius 1 is 1.06 bits per heavy atom. The average Bonchev–Trinajstić information content (AvgIpc) is 3.32. The second-order valence-corrected chi connectivity index (χ2v) is 7.22. The minimum atomic E-state index is -1.45. The molecule has 5 rings (SSSR count). The summed E-state index contributed by atoms with van der Waals surface area (Å²) in [6.45, 7) is -0.406. The van der Waals surface area contributed by atoms with Gasteiger partial charge in [-0.2, -0.15) is 4.68 Å². The van der Waals surface area contributed by atoms with Crippen LogP contribution in [0.25, 0.3) is 21.9 Å². The molecule has 0 radical (unpaired) electrons. The number of halogens is 1. The number of fused-ring (bicyclic) bond motifs is 2. The predicted octanol–water partition coefficient (Wildman–Crippen LogP) is 2.19. The van der Waals surface area contributed by atoms with Crippen LogP contribution in [0.4, 0.5) is 4.39 Å². The van der Waals surface area contributed by atoms with E-state index in [-0.39, 0.29) is 24.5 Å². The number of imidazole rings is 1. The molecule has 10 heteroatoms. The van der Waals surface area contributed by atoms with Crippen molar-refractivity contribution in [1.29, 1.82) is 0 Å². The van der Waals surface area contributed by atoms with Crippen molar-refractivity contribution in [3.63, 3.8) is 0 Å². The van der Waals surface area contributed by atoms with Crippen molar-refractivity contribution in [2.24, 2.45) is 7.05 Å². The highest BCUT2D eigenvalue weighted by Gasteiger charge is 2.17. The maximum Gasteiger partial charge on any atom is 0.437 e. The van der Waals surface area contributed by atoms with E-state index in [0.29, 0.717) is 16.7 Å². The molecule has 3 heterocycles. The van der Waals surface area contributed by atoms with Crippen LogP contribution in [0.15, 0.2) is 69.1 Å². The molecule has 9 nitrogen and oxygen atoms in total. The third kappa shape index (κ3) is 3.41. The highest BCUT2D eigenvalue weighted by Crippen LogP contribution is 2.23. The molecule has 0 aliphatic heterocycles. The molecule has 5 aromatic rings. The van der Waals surface area contributed by atoms with Gasteiger partial charge < -0.3 is 8.98 Å². The fourth-order valence-corrected chi connectivity index (χ4v) is 3.52. The lowest BCUT2D eigenvalue weighted by atomic mass is 10.0. The van der Waals surface area contributed by atoms with E-state index in [9.17, 15) is 14.0 Å². The van der Waals surface area contributed by atoms with Gasteiger partial charge in [0, 0.05) is 7.05 Å². The third-order valence-electron chi connectivity index (χ3n) is 5.12. The Morgan fingerprint density at radius 2 is 1.84 bits per heavy atom. The first-order chi connectivity index (χ1) is 15.0. The average molecular weight is 420 g/mol. The van der Waals surface area contributed by atoms with Gasteiger partial charge >= 0.3 is 5.76 Å². The van der Waals surface area contributed by atoms with Crippen molar-refractivity contribution < 1.29 is 8.81 Å². The Hall–Kier alpha value is -4.08. The highest BCUT2D eigenvalue weighted by atomic mass is 19.1. The van der Waals surface area contributed by atoms with Gasteiger partial charge in [0.25, 0.3) is 5.56 Å². The number of benzene rings is 2. The quantitative estimate of drug-likeness (QED) is 0.432. The molecule has 0 aliphatic carbocycles. The zero-order valence-electron chi connectivity index (χ0n) is 16.5. The highest BCUT2D eigenvalue weighted by molar-refractivity contribution is 5.83. The summed E-state index contributed by atoms with van der Waals surface area (Å²) in [4.78, 5) is 32.9. The van der Waals surface area contributed by atoms with Gasteiger partial charge in [-0.25, -0.2) is 19.2 Å². The molecular formula is C21H17FN6O3. The lowest BCUT2D eigenvalue weighted by Crippen LogP contribution is -2.23. The molecular weight excluding hydrogens is 403 g/mol. The van der Waals surface area contributed by atoms with E-state index < -0.39 is 11.9 Å². The molecule has 0 spiro atoms. The van der Waals surface area contributed by atoms with Crippen LogP contribution in [0.5, 0.6) is 0 Å². The summed E-state index contributed by atoms with van der Waals surface area (Å²) in [6.07, 6.45) is 1.35. The fraction of sp³-hybridized carbons (Fsp3) is 0.190. The first kappa shape index (κ1) is 18.9. The maximum absolute atomic E-state index is 14.9. The monoisotopic (exact) mass is 420 g/mol. The largest absolute Gasteiger partial charge is 0.437 e. The number of aryl methyl sites for hydroxylation is 1. The Labute approximate surface area is 174 Å². The zero-order chi connectivity index (χ0) is 21.5. The standard InChI is InChI=1S/C21H17FN6O3/c1-26-11-23-19-18(26)20(29)27(12-24-19)10-17-25-28(21(30)31-17)9-16(22)15-7-6-13-4-2-3-5-14(13)8-15/h2-8,11-12,16H,9-10H2,1H3. The van der Waals surface area contributed by atoms with Crippen LogP contribution < -0.4 is 11.3 Å². The number of nitrogens with zero attached hydrogens (tertiary/aromatic N) is 6.